The summed E-state index contributed by atoms with van der Waals surface area (Å²) < 4.78 is 4.73. The summed E-state index contributed by atoms with van der Waals surface area (Å²) in [6.45, 7) is 8.11. The second-order valence-corrected chi connectivity index (χ2v) is 4.10. The van der Waals surface area contributed by atoms with E-state index >= 15 is 0 Å². The number of rotatable bonds is 4. The molecule has 0 saturated heterocycles. The smallest absolute Gasteiger partial charge is 0.339 e. The number of hydrogen-bond acceptors (Lipinski definition) is 4. The highest BCUT2D eigenvalue weighted by molar-refractivity contribution is 7.14. The van der Waals surface area contributed by atoms with Crippen molar-refractivity contribution in [1.29, 1.82) is 0 Å². The first-order chi connectivity index (χ1) is 7.15. The highest BCUT2D eigenvalue weighted by Crippen LogP contribution is 2.31. The first-order valence-corrected chi connectivity index (χ1v) is 5.94. The Morgan fingerprint density at radius 1 is 1.47 bits per heavy atom. The van der Waals surface area contributed by atoms with Crippen LogP contribution in [0.5, 0.6) is 0 Å². The van der Waals surface area contributed by atoms with Crippen LogP contribution in [-0.2, 0) is 4.74 Å². The van der Waals surface area contributed by atoms with Gasteiger partial charge in [0.25, 0.3) is 0 Å². The molecule has 0 aliphatic heterocycles. The molecule has 0 atom stereocenters. The van der Waals surface area contributed by atoms with Crippen LogP contribution < -0.4 is 4.90 Å². The van der Waals surface area contributed by atoms with Gasteiger partial charge in [-0.1, -0.05) is 0 Å². The molecule has 1 aromatic rings. The minimum atomic E-state index is -0.248. The molecule has 84 valence electrons. The molecule has 0 aliphatic rings. The van der Waals surface area contributed by atoms with Crippen molar-refractivity contribution in [3.05, 3.63) is 16.5 Å². The van der Waals surface area contributed by atoms with Gasteiger partial charge in [0.1, 0.15) is 0 Å². The van der Waals surface area contributed by atoms with Crippen molar-refractivity contribution in [1.82, 2.24) is 0 Å². The number of nitrogens with zero attached hydrogens (tertiary/aromatic N) is 1. The average molecular weight is 227 g/mol. The molecule has 1 rings (SSSR count). The van der Waals surface area contributed by atoms with Gasteiger partial charge in [-0.05, 0) is 26.3 Å². The molecule has 15 heavy (non-hydrogen) atoms. The fourth-order valence-corrected chi connectivity index (χ4v) is 2.74. The van der Waals surface area contributed by atoms with Gasteiger partial charge in [0.15, 0.2) is 0 Å². The summed E-state index contributed by atoms with van der Waals surface area (Å²) in [5, 5.41) is 3.04. The SMILES string of the molecule is CCN(CC)c1scc(C(=O)OC)c1C. The van der Waals surface area contributed by atoms with Crippen molar-refractivity contribution < 1.29 is 9.53 Å². The summed E-state index contributed by atoms with van der Waals surface area (Å²) in [5.74, 6) is -0.248. The van der Waals surface area contributed by atoms with Gasteiger partial charge in [-0.2, -0.15) is 0 Å². The van der Waals surface area contributed by atoms with Gasteiger partial charge < -0.3 is 9.64 Å². The maximum Gasteiger partial charge on any atom is 0.339 e. The van der Waals surface area contributed by atoms with Crippen LogP contribution >= 0.6 is 11.3 Å². The molecule has 3 nitrogen and oxygen atoms in total. The highest BCUT2D eigenvalue weighted by Gasteiger charge is 2.17. The predicted molar refractivity (Wildman–Crippen MR) is 64.0 cm³/mol. The molecule has 0 amide bonds. The fraction of sp³-hybridized carbons (Fsp3) is 0.545. The van der Waals surface area contributed by atoms with Crippen molar-refractivity contribution in [2.24, 2.45) is 0 Å². The summed E-state index contributed by atoms with van der Waals surface area (Å²) in [6, 6.07) is 0. The number of carbonyl (C=O) groups is 1. The van der Waals surface area contributed by atoms with Crippen LogP contribution in [-0.4, -0.2) is 26.2 Å². The Kier molecular flexibility index (Phi) is 4.15. The first-order valence-electron chi connectivity index (χ1n) is 5.07. The van der Waals surface area contributed by atoms with Gasteiger partial charge in [0.05, 0.1) is 17.7 Å². The molecule has 0 fully saturated rings. The first kappa shape index (κ1) is 12.0. The molecule has 0 N–H and O–H groups in total. The number of methoxy groups -OCH3 is 1. The van der Waals surface area contributed by atoms with Gasteiger partial charge in [0, 0.05) is 18.5 Å². The predicted octanol–water partition coefficient (Wildman–Crippen LogP) is 2.69. The van der Waals surface area contributed by atoms with Gasteiger partial charge in [0.2, 0.25) is 0 Å². The minimum Gasteiger partial charge on any atom is -0.465 e. The lowest BCUT2D eigenvalue weighted by Gasteiger charge is -2.19. The van der Waals surface area contributed by atoms with E-state index in [2.05, 4.69) is 18.7 Å². The Hall–Kier alpha value is -1.03. The summed E-state index contributed by atoms with van der Waals surface area (Å²) in [7, 11) is 1.41. The van der Waals surface area contributed by atoms with E-state index in [1.165, 1.54) is 12.1 Å². The van der Waals surface area contributed by atoms with Crippen molar-refractivity contribution >= 4 is 22.3 Å². The maximum absolute atomic E-state index is 11.4. The number of anilines is 1. The van der Waals surface area contributed by atoms with E-state index in [1.807, 2.05) is 12.3 Å². The monoisotopic (exact) mass is 227 g/mol. The minimum absolute atomic E-state index is 0.248. The van der Waals surface area contributed by atoms with Crippen LogP contribution in [0, 0.1) is 6.92 Å². The van der Waals surface area contributed by atoms with Gasteiger partial charge in [-0.15, -0.1) is 11.3 Å². The van der Waals surface area contributed by atoms with Crippen molar-refractivity contribution in [3.8, 4) is 0 Å². The second-order valence-electron chi connectivity index (χ2n) is 3.24. The van der Waals surface area contributed by atoms with Crippen LogP contribution in [0.2, 0.25) is 0 Å². The summed E-state index contributed by atoms with van der Waals surface area (Å²) in [6.07, 6.45) is 0. The Morgan fingerprint density at radius 2 is 2.07 bits per heavy atom. The number of thiophene rings is 1. The molecule has 1 aromatic heterocycles. The Morgan fingerprint density at radius 3 is 2.53 bits per heavy atom. The molecule has 0 saturated carbocycles. The molecule has 0 aromatic carbocycles. The lowest BCUT2D eigenvalue weighted by atomic mass is 10.2. The van der Waals surface area contributed by atoms with E-state index in [-0.39, 0.29) is 5.97 Å². The average Bonchev–Trinajstić information content (AvgIpc) is 2.62. The van der Waals surface area contributed by atoms with Crippen molar-refractivity contribution in [2.45, 2.75) is 20.8 Å². The van der Waals surface area contributed by atoms with E-state index in [0.717, 1.165) is 18.7 Å². The van der Waals surface area contributed by atoms with Crippen LogP contribution in [0.25, 0.3) is 0 Å². The van der Waals surface area contributed by atoms with Crippen LogP contribution in [0.1, 0.15) is 29.8 Å². The molecule has 0 spiro atoms. The van der Waals surface area contributed by atoms with Crippen LogP contribution in [0.3, 0.4) is 0 Å². The topological polar surface area (TPSA) is 29.5 Å². The molecule has 0 radical (unpaired) electrons. The number of hydrogen-bond donors (Lipinski definition) is 0. The Bertz CT molecular complexity index is 342. The molecule has 1 heterocycles. The molecular weight excluding hydrogens is 210 g/mol. The lowest BCUT2D eigenvalue weighted by Crippen LogP contribution is -2.21. The van der Waals surface area contributed by atoms with E-state index in [0.29, 0.717) is 5.56 Å². The van der Waals surface area contributed by atoms with E-state index < -0.39 is 0 Å². The van der Waals surface area contributed by atoms with E-state index in [1.54, 1.807) is 11.3 Å². The third-order valence-corrected chi connectivity index (χ3v) is 3.61. The molecule has 0 bridgehead atoms. The van der Waals surface area contributed by atoms with E-state index in [4.69, 9.17) is 4.74 Å². The van der Waals surface area contributed by atoms with Crippen molar-refractivity contribution in [3.63, 3.8) is 0 Å². The van der Waals surface area contributed by atoms with E-state index in [9.17, 15) is 4.79 Å². The quantitative estimate of drug-likeness (QED) is 0.741. The molecule has 4 heteroatoms. The van der Waals surface area contributed by atoms with Crippen molar-refractivity contribution in [2.75, 3.05) is 25.1 Å². The summed E-state index contributed by atoms with van der Waals surface area (Å²) >= 11 is 1.60. The Labute approximate surface area is 94.7 Å². The second kappa shape index (κ2) is 5.16. The standard InChI is InChI=1S/C11H17NO2S/c1-5-12(6-2)10-8(3)9(7-15-10)11(13)14-4/h7H,5-6H2,1-4H3. The molecule has 0 unspecified atom stereocenters. The molecule has 0 aliphatic carbocycles. The highest BCUT2D eigenvalue weighted by atomic mass is 32.1. The fourth-order valence-electron chi connectivity index (χ4n) is 1.54. The normalized spacial score (nSPS) is 10.1. The van der Waals surface area contributed by atoms with Crippen LogP contribution in [0.4, 0.5) is 5.00 Å². The van der Waals surface area contributed by atoms with Gasteiger partial charge in [-0.3, -0.25) is 0 Å². The third-order valence-electron chi connectivity index (χ3n) is 2.47. The summed E-state index contributed by atoms with van der Waals surface area (Å²) in [4.78, 5) is 13.7. The zero-order valence-corrected chi connectivity index (χ0v) is 10.5. The third kappa shape index (κ3) is 2.31. The lowest BCUT2D eigenvalue weighted by molar-refractivity contribution is 0.0600. The number of ether oxygens (including phenoxy) is 1. The van der Waals surface area contributed by atoms with Crippen LogP contribution in [0.15, 0.2) is 5.38 Å². The van der Waals surface area contributed by atoms with Gasteiger partial charge in [-0.25, -0.2) is 4.79 Å². The zero-order chi connectivity index (χ0) is 11.4. The number of carbonyl (C=O) groups excluding carboxylic acids is 1. The van der Waals surface area contributed by atoms with Gasteiger partial charge >= 0.3 is 5.97 Å². The maximum atomic E-state index is 11.4. The largest absolute Gasteiger partial charge is 0.465 e. The summed E-state index contributed by atoms with van der Waals surface area (Å²) in [5.41, 5.74) is 1.71. The number of esters is 1. The Balaban J connectivity index is 3.02. The zero-order valence-electron chi connectivity index (χ0n) is 9.66. The molecular formula is C11H17NO2S.